The maximum absolute atomic E-state index is 2.51. The van der Waals surface area contributed by atoms with Crippen LogP contribution in [0.5, 0.6) is 0 Å². The van der Waals surface area contributed by atoms with Crippen molar-refractivity contribution in [2.24, 2.45) is 7.05 Å². The molecule has 0 amide bonds. The third-order valence-corrected chi connectivity index (χ3v) is 12.4. The molecule has 0 radical (unpaired) electrons. The van der Waals surface area contributed by atoms with Crippen LogP contribution in [-0.2, 0) is 7.05 Å². The molecule has 2 heterocycles. The molecule has 5 aromatic carbocycles. The molecule has 0 bridgehead atoms. The van der Waals surface area contributed by atoms with Gasteiger partial charge < -0.3 is 4.57 Å². The van der Waals surface area contributed by atoms with Gasteiger partial charge in [-0.3, -0.25) is 0 Å². The Balaban J connectivity index is 1.79. The van der Waals surface area contributed by atoms with E-state index in [0.717, 1.165) is 0 Å². The first-order valence-electron chi connectivity index (χ1n) is 11.5. The number of rotatable bonds is 2. The van der Waals surface area contributed by atoms with Crippen LogP contribution < -0.4 is 20.7 Å². The summed E-state index contributed by atoms with van der Waals surface area (Å²) >= 11 is 0. The van der Waals surface area contributed by atoms with Gasteiger partial charge in [0.1, 0.15) is 0 Å². The molecule has 2 heteroatoms. The lowest BCUT2D eigenvalue weighted by molar-refractivity contribution is 1.01. The maximum Gasteiger partial charge on any atom is 0.0487 e. The van der Waals surface area contributed by atoms with E-state index in [1.165, 1.54) is 53.7 Å². The smallest absolute Gasteiger partial charge is 0.0487 e. The van der Waals surface area contributed by atoms with Gasteiger partial charge >= 0.3 is 0 Å². The molecular formula is C31H23NSi-. The van der Waals surface area contributed by atoms with Crippen LogP contribution in [0.3, 0.4) is 0 Å². The van der Waals surface area contributed by atoms with Crippen LogP contribution in [0, 0.1) is 0 Å². The van der Waals surface area contributed by atoms with Gasteiger partial charge in [-0.15, -0.1) is 0 Å². The Morgan fingerprint density at radius 3 is 1.85 bits per heavy atom. The third-order valence-electron chi connectivity index (χ3n) is 7.49. The fourth-order valence-electron chi connectivity index (χ4n) is 6.19. The Hall–Kier alpha value is -3.88. The molecule has 0 spiro atoms. The number of aromatic nitrogens is 1. The Kier molecular flexibility index (Phi) is 3.85. The van der Waals surface area contributed by atoms with Crippen molar-refractivity contribution in [1.82, 2.24) is 4.57 Å². The zero-order valence-corrected chi connectivity index (χ0v) is 19.5. The summed E-state index contributed by atoms with van der Waals surface area (Å²) in [7, 11) is -0.306. The number of hydrogen-bond acceptors (Lipinski definition) is 0. The van der Waals surface area contributed by atoms with Crippen LogP contribution in [0.2, 0.25) is 0 Å². The van der Waals surface area contributed by atoms with E-state index in [9.17, 15) is 0 Å². The third kappa shape index (κ3) is 2.31. The highest BCUT2D eigenvalue weighted by Crippen LogP contribution is 2.36. The van der Waals surface area contributed by atoms with Crippen LogP contribution in [0.25, 0.3) is 32.9 Å². The van der Waals surface area contributed by atoms with Crippen LogP contribution in [0.15, 0.2) is 121 Å². The number of nitrogens with zero attached hydrogens (tertiary/aromatic N) is 1. The van der Waals surface area contributed by atoms with Crippen LogP contribution in [0.1, 0.15) is 0 Å². The molecule has 1 nitrogen and oxygen atoms in total. The summed E-state index contributed by atoms with van der Waals surface area (Å²) in [5.74, 6) is 0. The largest absolute Gasteiger partial charge is 0.344 e. The average molecular weight is 438 g/mol. The lowest BCUT2D eigenvalue weighted by atomic mass is 10.0. The van der Waals surface area contributed by atoms with Crippen LogP contribution >= 0.6 is 0 Å². The molecule has 6 aromatic rings. The van der Waals surface area contributed by atoms with Crippen LogP contribution in [-0.4, -0.2) is 12.6 Å². The predicted octanol–water partition coefficient (Wildman–Crippen LogP) is 4.69. The molecule has 7 rings (SSSR count). The second kappa shape index (κ2) is 6.81. The normalized spacial score (nSPS) is 13.8. The Labute approximate surface area is 194 Å². The van der Waals surface area contributed by atoms with E-state index in [1.54, 1.807) is 0 Å². The Morgan fingerprint density at radius 1 is 0.515 bits per heavy atom. The van der Waals surface area contributed by atoms with Crippen molar-refractivity contribution in [3.05, 3.63) is 121 Å². The average Bonchev–Trinajstić information content (AvgIpc) is 3.36. The van der Waals surface area contributed by atoms with E-state index < -0.39 is 8.07 Å². The molecule has 157 valence electrons. The zero-order chi connectivity index (χ0) is 22.0. The summed E-state index contributed by atoms with van der Waals surface area (Å²) in [6.45, 7) is 0. The SMILES string of the molecule is Cn1c2ccccc2c2c3c(ccc21)-c1ccccc1[Si-]3(c1ccccc1)c1ccccc1. The highest BCUT2D eigenvalue weighted by Gasteiger charge is 2.38. The van der Waals surface area contributed by atoms with Gasteiger partial charge in [-0.2, -0.15) is 20.7 Å². The van der Waals surface area contributed by atoms with Crippen molar-refractivity contribution in [2.45, 2.75) is 0 Å². The standard InChI is InChI=1S/C31H23NSi/c1-32-27-18-10-8-17-26(27)30-28(32)21-20-25-24-16-9-11-19-29(24)33(31(25)30,22-12-4-2-5-13-22)23-14-6-3-7-15-23/h2-21H,1H3/q-1. The van der Waals surface area contributed by atoms with Gasteiger partial charge in [0.25, 0.3) is 0 Å². The van der Waals surface area contributed by atoms with Crippen LogP contribution in [0.4, 0.5) is 0 Å². The molecular weight excluding hydrogens is 414 g/mol. The molecule has 0 aliphatic carbocycles. The molecule has 0 atom stereocenters. The molecule has 0 saturated heterocycles. The summed E-state index contributed by atoms with van der Waals surface area (Å²) in [5, 5.41) is 8.70. The van der Waals surface area contributed by atoms with E-state index >= 15 is 0 Å². The quantitative estimate of drug-likeness (QED) is 0.346. The molecule has 1 aliphatic rings. The number of benzene rings is 5. The molecule has 0 unspecified atom stereocenters. The molecule has 1 aromatic heterocycles. The minimum atomic E-state index is -2.51. The molecule has 1 aliphatic heterocycles. The summed E-state index contributed by atoms with van der Waals surface area (Å²) < 4.78 is 2.36. The molecule has 33 heavy (non-hydrogen) atoms. The van der Waals surface area contributed by atoms with Gasteiger partial charge in [0.05, 0.1) is 0 Å². The van der Waals surface area contributed by atoms with Gasteiger partial charge in [-0.05, 0) is 25.6 Å². The van der Waals surface area contributed by atoms with E-state index in [1.807, 2.05) is 0 Å². The van der Waals surface area contributed by atoms with Crippen molar-refractivity contribution in [1.29, 1.82) is 0 Å². The molecule has 0 N–H and O–H groups in total. The number of fused-ring (bicyclic) bond motifs is 7. The van der Waals surface area contributed by atoms with E-state index in [2.05, 4.69) is 133 Å². The summed E-state index contributed by atoms with van der Waals surface area (Å²) in [4.78, 5) is 0. The Morgan fingerprint density at radius 2 is 1.12 bits per heavy atom. The van der Waals surface area contributed by atoms with Crippen molar-refractivity contribution in [2.75, 3.05) is 0 Å². The van der Waals surface area contributed by atoms with Gasteiger partial charge in [0, 0.05) is 23.5 Å². The fourth-order valence-corrected chi connectivity index (χ4v) is 11.6. The summed E-state index contributed by atoms with van der Waals surface area (Å²) in [6, 6.07) is 45.2. The lowest BCUT2D eigenvalue weighted by Crippen LogP contribution is -2.72. The second-order valence-corrected chi connectivity index (χ2v) is 12.7. The van der Waals surface area contributed by atoms with Crippen molar-refractivity contribution in [3.8, 4) is 11.1 Å². The van der Waals surface area contributed by atoms with Gasteiger partial charge in [0.2, 0.25) is 0 Å². The monoisotopic (exact) mass is 437 g/mol. The number of hydrogen-bond donors (Lipinski definition) is 0. The Bertz CT molecular complexity index is 1620. The first-order valence-corrected chi connectivity index (χ1v) is 13.5. The fraction of sp³-hybridized carbons (Fsp3) is 0.0323. The molecule has 0 saturated carbocycles. The zero-order valence-electron chi connectivity index (χ0n) is 18.5. The van der Waals surface area contributed by atoms with E-state index in [4.69, 9.17) is 0 Å². The minimum absolute atomic E-state index is 1.29. The summed E-state index contributed by atoms with van der Waals surface area (Å²) in [5.41, 5.74) is 5.39. The maximum atomic E-state index is 2.39. The van der Waals surface area contributed by atoms with Crippen molar-refractivity contribution >= 4 is 50.6 Å². The number of aryl methyl sites for hydroxylation is 1. The van der Waals surface area contributed by atoms with Gasteiger partial charge in [0.15, 0.2) is 0 Å². The lowest BCUT2D eigenvalue weighted by Gasteiger charge is -2.44. The van der Waals surface area contributed by atoms with Crippen molar-refractivity contribution in [3.63, 3.8) is 0 Å². The topological polar surface area (TPSA) is 4.93 Å². The van der Waals surface area contributed by atoms with Gasteiger partial charge in [-0.25, -0.2) is 0 Å². The van der Waals surface area contributed by atoms with Crippen molar-refractivity contribution < 1.29 is 0 Å². The first-order chi connectivity index (χ1) is 16.3. The molecule has 0 fully saturated rings. The first kappa shape index (κ1) is 18.7. The second-order valence-electron chi connectivity index (χ2n) is 8.99. The van der Waals surface area contributed by atoms with Gasteiger partial charge in [-0.1, -0.05) is 120 Å². The highest BCUT2D eigenvalue weighted by atomic mass is 28.3. The number of para-hydroxylation sites is 1. The summed E-state index contributed by atoms with van der Waals surface area (Å²) in [6.07, 6.45) is 0. The highest BCUT2D eigenvalue weighted by molar-refractivity contribution is 7.23. The minimum Gasteiger partial charge on any atom is -0.344 e. The van der Waals surface area contributed by atoms with E-state index in [0.29, 0.717) is 0 Å². The predicted molar refractivity (Wildman–Crippen MR) is 143 cm³/mol. The van der Waals surface area contributed by atoms with E-state index in [-0.39, 0.29) is 0 Å².